The van der Waals surface area contributed by atoms with Crippen LogP contribution in [0.2, 0.25) is 0 Å². The summed E-state index contributed by atoms with van der Waals surface area (Å²) < 4.78 is 11.0. The maximum absolute atomic E-state index is 12.6. The van der Waals surface area contributed by atoms with Crippen molar-refractivity contribution >= 4 is 46.1 Å². The number of carbonyl (C=O) groups is 2. The molecule has 45 heavy (non-hydrogen) atoms. The third kappa shape index (κ3) is 9.56. The van der Waals surface area contributed by atoms with Crippen LogP contribution in [0.5, 0.6) is 5.75 Å². The number of aromatic nitrogens is 2. The van der Waals surface area contributed by atoms with E-state index in [1.54, 1.807) is 37.6 Å². The number of ether oxygens (including phenoxy) is 1. The van der Waals surface area contributed by atoms with E-state index in [1.807, 2.05) is 42.5 Å². The molecule has 3 N–H and O–H groups in total. The molecule has 0 aliphatic heterocycles. The molecule has 0 spiro atoms. The third-order valence-corrected chi connectivity index (χ3v) is 6.94. The van der Waals surface area contributed by atoms with Gasteiger partial charge in [-0.1, -0.05) is 6.07 Å². The number of carbonyl (C=O) groups excluding carboxylic acids is 1. The lowest BCUT2D eigenvalue weighted by Gasteiger charge is -2.04. The van der Waals surface area contributed by atoms with Gasteiger partial charge in [0.1, 0.15) is 23.1 Å². The van der Waals surface area contributed by atoms with Crippen LogP contribution in [-0.2, 0) is 16.0 Å². The number of amides is 1. The highest BCUT2D eigenvalue weighted by Crippen LogP contribution is 2.34. The van der Waals surface area contributed by atoms with Gasteiger partial charge in [-0.05, 0) is 67.1 Å². The van der Waals surface area contributed by atoms with Crippen molar-refractivity contribution in [2.24, 2.45) is 5.10 Å². The molecule has 0 aliphatic rings. The summed E-state index contributed by atoms with van der Waals surface area (Å²) in [7, 11) is 1.61. The molecule has 1 amide bonds. The summed E-state index contributed by atoms with van der Waals surface area (Å²) in [6, 6.07) is 22.6. The first-order valence-electron chi connectivity index (χ1n) is 13.4. The Bertz CT molecular complexity index is 1760. The standard InChI is InChI=1S/C29H24N6O5S.C2H4O2/c1-39-22-11-7-20(8-12-22)28-25(41-29(33-28)32-26-4-2-3-17-30-26)15-16-27(36)34-31-18-23-13-14-24(40-23)19-5-9-21(10-6-19)35(37)38;1-2(3)4/h2-14,17-18H,15-16H2,1H3,(H,34,36)(H,30,32,33);1H3,(H,3,4)/b31-18+;. The summed E-state index contributed by atoms with van der Waals surface area (Å²) >= 11 is 1.46. The third-order valence-electron chi connectivity index (χ3n) is 5.91. The molecule has 2 aromatic carbocycles. The number of thiazole rings is 1. The molecular weight excluding hydrogens is 600 g/mol. The zero-order valence-electron chi connectivity index (χ0n) is 24.2. The molecule has 5 aromatic rings. The van der Waals surface area contributed by atoms with Crippen molar-refractivity contribution in [2.45, 2.75) is 19.8 Å². The van der Waals surface area contributed by atoms with Gasteiger partial charge >= 0.3 is 0 Å². The average molecular weight is 629 g/mol. The van der Waals surface area contributed by atoms with Gasteiger partial charge in [-0.15, -0.1) is 11.3 Å². The Hall–Kier alpha value is -5.89. The highest BCUT2D eigenvalue weighted by Gasteiger charge is 2.16. The number of rotatable bonds is 11. The van der Waals surface area contributed by atoms with Gasteiger partial charge in [0.15, 0.2) is 5.13 Å². The van der Waals surface area contributed by atoms with Gasteiger partial charge in [0.2, 0.25) is 5.91 Å². The lowest BCUT2D eigenvalue weighted by Crippen LogP contribution is -2.17. The van der Waals surface area contributed by atoms with Crippen LogP contribution in [0.1, 0.15) is 24.0 Å². The average Bonchev–Trinajstić information content (AvgIpc) is 3.67. The Morgan fingerprint density at radius 3 is 2.42 bits per heavy atom. The summed E-state index contributed by atoms with van der Waals surface area (Å²) in [5.41, 5.74) is 4.91. The molecule has 230 valence electrons. The van der Waals surface area contributed by atoms with Gasteiger partial charge in [-0.2, -0.15) is 5.10 Å². The van der Waals surface area contributed by atoms with E-state index in [4.69, 9.17) is 24.0 Å². The minimum absolute atomic E-state index is 0.0000520. The van der Waals surface area contributed by atoms with Gasteiger partial charge in [0, 0.05) is 47.7 Å². The Kier molecular flexibility index (Phi) is 11.1. The molecule has 0 unspecified atom stereocenters. The predicted molar refractivity (Wildman–Crippen MR) is 170 cm³/mol. The number of nitrogens with one attached hydrogen (secondary N) is 2. The first kappa shape index (κ1) is 32.0. The SMILES string of the molecule is CC(=O)O.COc1ccc(-c2nc(Nc3ccccn3)sc2CCC(=O)N/N=C/c2ccc(-c3ccc([N+](=O)[O-])cc3)o2)cc1. The van der Waals surface area contributed by atoms with Gasteiger partial charge in [-0.3, -0.25) is 19.7 Å². The predicted octanol–water partition coefficient (Wildman–Crippen LogP) is 6.30. The van der Waals surface area contributed by atoms with Crippen molar-refractivity contribution in [1.82, 2.24) is 15.4 Å². The molecule has 5 rings (SSSR count). The number of carboxylic acids is 1. The lowest BCUT2D eigenvalue weighted by molar-refractivity contribution is -0.384. The van der Waals surface area contributed by atoms with E-state index in [0.29, 0.717) is 34.5 Å². The number of non-ortho nitro benzene ring substituents is 1. The Morgan fingerprint density at radius 2 is 1.78 bits per heavy atom. The Balaban J connectivity index is 0.00000109. The number of anilines is 2. The number of carboxylic acid groups (broad SMARTS) is 1. The zero-order valence-corrected chi connectivity index (χ0v) is 25.0. The number of aryl methyl sites for hydroxylation is 1. The van der Waals surface area contributed by atoms with E-state index in [9.17, 15) is 14.9 Å². The second kappa shape index (κ2) is 15.5. The summed E-state index contributed by atoms with van der Waals surface area (Å²) in [6.45, 7) is 1.08. The fourth-order valence-corrected chi connectivity index (χ4v) is 4.86. The van der Waals surface area contributed by atoms with E-state index >= 15 is 0 Å². The zero-order chi connectivity index (χ0) is 32.2. The highest BCUT2D eigenvalue weighted by atomic mass is 32.1. The maximum Gasteiger partial charge on any atom is 0.300 e. The number of hydrogen-bond acceptors (Lipinski definition) is 11. The van der Waals surface area contributed by atoms with Crippen LogP contribution < -0.4 is 15.5 Å². The smallest absolute Gasteiger partial charge is 0.300 e. The van der Waals surface area contributed by atoms with Gasteiger partial charge in [-0.25, -0.2) is 15.4 Å². The van der Waals surface area contributed by atoms with Crippen LogP contribution in [0, 0.1) is 10.1 Å². The van der Waals surface area contributed by atoms with Crippen molar-refractivity contribution in [1.29, 1.82) is 0 Å². The molecule has 0 saturated heterocycles. The molecular formula is C31H28N6O7S. The molecule has 13 nitrogen and oxygen atoms in total. The maximum atomic E-state index is 12.6. The van der Waals surface area contributed by atoms with Crippen LogP contribution in [0.3, 0.4) is 0 Å². The van der Waals surface area contributed by atoms with Crippen LogP contribution >= 0.6 is 11.3 Å². The second-order valence-corrected chi connectivity index (χ2v) is 10.3. The first-order chi connectivity index (χ1) is 21.7. The Labute approximate surface area is 261 Å². The number of aliphatic carboxylic acids is 1. The molecule has 3 heterocycles. The van der Waals surface area contributed by atoms with Crippen LogP contribution in [0.4, 0.5) is 16.6 Å². The minimum Gasteiger partial charge on any atom is -0.497 e. The topological polar surface area (TPSA) is 182 Å². The molecule has 0 aliphatic carbocycles. The fourth-order valence-electron chi connectivity index (χ4n) is 3.87. The van der Waals surface area contributed by atoms with E-state index in [1.165, 1.54) is 29.7 Å². The summed E-state index contributed by atoms with van der Waals surface area (Å²) in [4.78, 5) is 42.0. The second-order valence-electron chi connectivity index (χ2n) is 9.18. The van der Waals surface area contributed by atoms with Crippen molar-refractivity contribution in [3.05, 3.63) is 106 Å². The molecule has 0 saturated carbocycles. The number of hydrogen-bond donors (Lipinski definition) is 3. The minimum atomic E-state index is -0.833. The molecule has 0 fully saturated rings. The first-order valence-corrected chi connectivity index (χ1v) is 14.2. The van der Waals surface area contributed by atoms with Crippen LogP contribution in [-0.4, -0.2) is 45.2 Å². The lowest BCUT2D eigenvalue weighted by atomic mass is 10.1. The van der Waals surface area contributed by atoms with Crippen LogP contribution in [0.15, 0.2) is 94.6 Å². The number of pyridine rings is 1. The molecule has 0 radical (unpaired) electrons. The van der Waals surface area contributed by atoms with E-state index in [0.717, 1.165) is 28.8 Å². The van der Waals surface area contributed by atoms with E-state index < -0.39 is 10.9 Å². The molecule has 14 heteroatoms. The van der Waals surface area contributed by atoms with Gasteiger partial charge < -0.3 is 19.6 Å². The number of nitro groups is 1. The van der Waals surface area contributed by atoms with Crippen molar-refractivity contribution in [2.75, 3.05) is 12.4 Å². The van der Waals surface area contributed by atoms with Gasteiger partial charge in [0.05, 0.1) is 23.9 Å². The largest absolute Gasteiger partial charge is 0.497 e. The normalized spacial score (nSPS) is 10.5. The number of hydrazone groups is 1. The summed E-state index contributed by atoms with van der Waals surface area (Å²) in [5.74, 6) is 1.27. The van der Waals surface area contributed by atoms with Crippen molar-refractivity contribution < 1.29 is 28.8 Å². The molecule has 3 aromatic heterocycles. The Morgan fingerprint density at radius 1 is 1.07 bits per heavy atom. The van der Waals surface area contributed by atoms with Gasteiger partial charge in [0.25, 0.3) is 11.7 Å². The fraction of sp³-hybridized carbons (Fsp3) is 0.129. The number of furan rings is 1. The molecule has 0 atom stereocenters. The van der Waals surface area contributed by atoms with Crippen LogP contribution in [0.25, 0.3) is 22.6 Å². The number of nitro benzene ring substituents is 1. The van der Waals surface area contributed by atoms with Crippen molar-refractivity contribution in [3.63, 3.8) is 0 Å². The van der Waals surface area contributed by atoms with E-state index in [2.05, 4.69) is 20.8 Å². The summed E-state index contributed by atoms with van der Waals surface area (Å²) in [5, 5.41) is 26.2. The number of methoxy groups -OCH3 is 1. The number of benzene rings is 2. The summed E-state index contributed by atoms with van der Waals surface area (Å²) in [6.07, 6.45) is 3.75. The quantitative estimate of drug-likeness (QED) is 0.0852. The monoisotopic (exact) mass is 628 g/mol. The van der Waals surface area contributed by atoms with E-state index in [-0.39, 0.29) is 18.0 Å². The van der Waals surface area contributed by atoms with Crippen molar-refractivity contribution in [3.8, 4) is 28.3 Å². The highest BCUT2D eigenvalue weighted by molar-refractivity contribution is 7.16. The number of nitrogens with zero attached hydrogens (tertiary/aromatic N) is 4. The molecule has 0 bridgehead atoms.